The average Bonchev–Trinajstić information content (AvgIpc) is 2.66. The average molecular weight is 341 g/mol. The molecule has 4 heteroatoms. The number of hydrogen-bond donors (Lipinski definition) is 1. The lowest BCUT2D eigenvalue weighted by Gasteiger charge is -2.29. The van der Waals surface area contributed by atoms with Gasteiger partial charge in [0.05, 0.1) is 18.8 Å². The molecule has 0 heterocycles. The fourth-order valence-corrected chi connectivity index (χ4v) is 2.58. The Hall–Kier alpha value is -2.33. The SMILES string of the molecule is CCCCOc1cccc(C(=O)N(C)C(C)C(O)c2ccccc2)c1. The molecule has 0 aliphatic heterocycles. The van der Waals surface area contributed by atoms with Crippen molar-refractivity contribution in [2.45, 2.75) is 38.8 Å². The first-order valence-electron chi connectivity index (χ1n) is 8.77. The molecule has 0 fully saturated rings. The summed E-state index contributed by atoms with van der Waals surface area (Å²) in [6, 6.07) is 16.2. The molecule has 2 aromatic carbocycles. The predicted octanol–water partition coefficient (Wildman–Crippen LogP) is 4.06. The quantitative estimate of drug-likeness (QED) is 0.737. The van der Waals surface area contributed by atoms with Crippen LogP contribution in [0.25, 0.3) is 0 Å². The van der Waals surface area contributed by atoms with Crippen LogP contribution in [-0.4, -0.2) is 35.6 Å². The Bertz CT molecular complexity index is 672. The van der Waals surface area contributed by atoms with Crippen LogP contribution in [0.4, 0.5) is 0 Å². The minimum Gasteiger partial charge on any atom is -0.494 e. The Morgan fingerprint density at radius 1 is 1.16 bits per heavy atom. The van der Waals surface area contributed by atoms with Crippen LogP contribution in [0.15, 0.2) is 54.6 Å². The third kappa shape index (κ3) is 5.07. The molecule has 0 aromatic heterocycles. The summed E-state index contributed by atoms with van der Waals surface area (Å²) in [5, 5.41) is 10.5. The standard InChI is InChI=1S/C21H27NO3/c1-4-5-14-25-19-13-9-12-18(15-19)21(24)22(3)16(2)20(23)17-10-7-6-8-11-17/h6-13,15-16,20,23H,4-5,14H2,1-3H3. The van der Waals surface area contributed by atoms with Gasteiger partial charge < -0.3 is 14.7 Å². The zero-order chi connectivity index (χ0) is 18.2. The Balaban J connectivity index is 2.07. The monoisotopic (exact) mass is 341 g/mol. The van der Waals surface area contributed by atoms with Crippen molar-refractivity contribution in [2.24, 2.45) is 0 Å². The minimum absolute atomic E-state index is 0.136. The van der Waals surface area contributed by atoms with Crippen LogP contribution < -0.4 is 4.74 Å². The molecule has 2 unspecified atom stereocenters. The largest absolute Gasteiger partial charge is 0.494 e. The van der Waals surface area contributed by atoms with Crippen LogP contribution in [0.5, 0.6) is 5.75 Å². The number of rotatable bonds is 8. The predicted molar refractivity (Wildman–Crippen MR) is 99.8 cm³/mol. The van der Waals surface area contributed by atoms with Crippen molar-refractivity contribution < 1.29 is 14.6 Å². The molecular formula is C21H27NO3. The normalized spacial score (nSPS) is 13.1. The highest BCUT2D eigenvalue weighted by atomic mass is 16.5. The van der Waals surface area contributed by atoms with E-state index < -0.39 is 6.10 Å². The van der Waals surface area contributed by atoms with Crippen molar-refractivity contribution in [2.75, 3.05) is 13.7 Å². The van der Waals surface area contributed by atoms with Gasteiger partial charge in [0.1, 0.15) is 5.75 Å². The van der Waals surface area contributed by atoms with Crippen LogP contribution >= 0.6 is 0 Å². The molecule has 4 nitrogen and oxygen atoms in total. The van der Waals surface area contributed by atoms with Crippen molar-refractivity contribution >= 4 is 5.91 Å². The smallest absolute Gasteiger partial charge is 0.254 e. The van der Waals surface area contributed by atoms with E-state index in [1.165, 1.54) is 0 Å². The molecule has 0 bridgehead atoms. The summed E-state index contributed by atoms with van der Waals surface area (Å²) in [5.41, 5.74) is 1.36. The van der Waals surface area contributed by atoms with Gasteiger partial charge in [-0.3, -0.25) is 4.79 Å². The van der Waals surface area contributed by atoms with Gasteiger partial charge in [-0.1, -0.05) is 49.7 Å². The van der Waals surface area contributed by atoms with E-state index in [0.29, 0.717) is 17.9 Å². The van der Waals surface area contributed by atoms with E-state index in [1.807, 2.05) is 49.4 Å². The summed E-state index contributed by atoms with van der Waals surface area (Å²) in [6.07, 6.45) is 1.31. The van der Waals surface area contributed by atoms with E-state index in [0.717, 1.165) is 18.4 Å². The highest BCUT2D eigenvalue weighted by molar-refractivity contribution is 5.94. The van der Waals surface area contributed by atoms with Crippen LogP contribution in [-0.2, 0) is 0 Å². The lowest BCUT2D eigenvalue weighted by atomic mass is 10.0. The first-order chi connectivity index (χ1) is 12.0. The fourth-order valence-electron chi connectivity index (χ4n) is 2.58. The first kappa shape index (κ1) is 19.0. The maximum absolute atomic E-state index is 12.8. The molecule has 0 saturated carbocycles. The van der Waals surface area contributed by atoms with Crippen molar-refractivity contribution in [1.29, 1.82) is 0 Å². The zero-order valence-electron chi connectivity index (χ0n) is 15.2. The van der Waals surface area contributed by atoms with Gasteiger partial charge in [0.2, 0.25) is 0 Å². The van der Waals surface area contributed by atoms with Gasteiger partial charge in [-0.25, -0.2) is 0 Å². The van der Waals surface area contributed by atoms with Crippen LogP contribution in [0.3, 0.4) is 0 Å². The maximum atomic E-state index is 12.8. The maximum Gasteiger partial charge on any atom is 0.254 e. The second-order valence-corrected chi connectivity index (χ2v) is 6.24. The molecule has 134 valence electrons. The number of ether oxygens (including phenoxy) is 1. The summed E-state index contributed by atoms with van der Waals surface area (Å²) in [4.78, 5) is 14.3. The highest BCUT2D eigenvalue weighted by Gasteiger charge is 2.25. The Labute approximate surface area is 150 Å². The van der Waals surface area contributed by atoms with Gasteiger partial charge >= 0.3 is 0 Å². The summed E-state index contributed by atoms with van der Waals surface area (Å²) in [6.45, 7) is 4.60. The van der Waals surface area contributed by atoms with E-state index in [-0.39, 0.29) is 11.9 Å². The van der Waals surface area contributed by atoms with Crippen LogP contribution in [0.2, 0.25) is 0 Å². The Morgan fingerprint density at radius 3 is 2.56 bits per heavy atom. The Morgan fingerprint density at radius 2 is 1.88 bits per heavy atom. The summed E-state index contributed by atoms with van der Waals surface area (Å²) in [7, 11) is 1.71. The molecular weight excluding hydrogens is 314 g/mol. The fraction of sp³-hybridized carbons (Fsp3) is 0.381. The number of carbonyl (C=O) groups excluding carboxylic acids is 1. The third-order valence-electron chi connectivity index (χ3n) is 4.38. The molecule has 2 rings (SSSR count). The summed E-state index contributed by atoms with van der Waals surface area (Å²) < 4.78 is 5.67. The number of carbonyl (C=O) groups is 1. The lowest BCUT2D eigenvalue weighted by Crippen LogP contribution is -2.39. The molecule has 0 saturated heterocycles. The second-order valence-electron chi connectivity index (χ2n) is 6.24. The summed E-state index contributed by atoms with van der Waals surface area (Å²) in [5.74, 6) is 0.562. The highest BCUT2D eigenvalue weighted by Crippen LogP contribution is 2.22. The third-order valence-corrected chi connectivity index (χ3v) is 4.38. The van der Waals surface area contributed by atoms with Gasteiger partial charge in [-0.2, -0.15) is 0 Å². The molecule has 0 aliphatic rings. The van der Waals surface area contributed by atoms with Crippen LogP contribution in [0.1, 0.15) is 48.7 Å². The van der Waals surface area contributed by atoms with Gasteiger partial charge in [-0.05, 0) is 37.1 Å². The van der Waals surface area contributed by atoms with E-state index in [1.54, 1.807) is 24.1 Å². The van der Waals surface area contributed by atoms with Gasteiger partial charge in [0.25, 0.3) is 5.91 Å². The molecule has 0 radical (unpaired) electrons. The minimum atomic E-state index is -0.737. The molecule has 0 spiro atoms. The van der Waals surface area contributed by atoms with Crippen molar-refractivity contribution in [3.05, 3.63) is 65.7 Å². The summed E-state index contributed by atoms with van der Waals surface area (Å²) >= 11 is 0. The van der Waals surface area contributed by atoms with Crippen molar-refractivity contribution in [3.8, 4) is 5.75 Å². The number of hydrogen-bond acceptors (Lipinski definition) is 3. The number of unbranched alkanes of at least 4 members (excludes halogenated alkanes) is 1. The molecule has 1 N–H and O–H groups in total. The van der Waals surface area contributed by atoms with Gasteiger partial charge in [0.15, 0.2) is 0 Å². The molecule has 0 aliphatic carbocycles. The number of aliphatic hydroxyl groups excluding tert-OH is 1. The number of likely N-dealkylation sites (N-methyl/N-ethyl adjacent to an activating group) is 1. The van der Waals surface area contributed by atoms with E-state index in [9.17, 15) is 9.90 Å². The number of amides is 1. The van der Waals surface area contributed by atoms with Gasteiger partial charge in [0, 0.05) is 12.6 Å². The number of benzene rings is 2. The van der Waals surface area contributed by atoms with Gasteiger partial charge in [-0.15, -0.1) is 0 Å². The van der Waals surface area contributed by atoms with E-state index >= 15 is 0 Å². The molecule has 2 aromatic rings. The molecule has 1 amide bonds. The molecule has 25 heavy (non-hydrogen) atoms. The first-order valence-corrected chi connectivity index (χ1v) is 8.77. The number of aliphatic hydroxyl groups is 1. The number of nitrogens with zero attached hydrogens (tertiary/aromatic N) is 1. The lowest BCUT2D eigenvalue weighted by molar-refractivity contribution is 0.0486. The van der Waals surface area contributed by atoms with E-state index in [2.05, 4.69) is 6.92 Å². The van der Waals surface area contributed by atoms with E-state index in [4.69, 9.17) is 4.74 Å². The Kier molecular flexibility index (Phi) is 7.02. The topological polar surface area (TPSA) is 49.8 Å². The second kappa shape index (κ2) is 9.23. The zero-order valence-corrected chi connectivity index (χ0v) is 15.2. The van der Waals surface area contributed by atoms with Crippen molar-refractivity contribution in [3.63, 3.8) is 0 Å². The molecule has 2 atom stereocenters. The van der Waals surface area contributed by atoms with Crippen LogP contribution in [0, 0.1) is 0 Å². The van der Waals surface area contributed by atoms with Crippen molar-refractivity contribution in [1.82, 2.24) is 4.90 Å².